The van der Waals surface area contributed by atoms with Crippen LogP contribution in [0.15, 0.2) is 47.3 Å². The van der Waals surface area contributed by atoms with Gasteiger partial charge in [-0.25, -0.2) is 9.59 Å². The zero-order valence-corrected chi connectivity index (χ0v) is 16.2. The Morgan fingerprint density at radius 1 is 1.30 bits per heavy atom. The van der Waals surface area contributed by atoms with Crippen LogP contribution in [0.2, 0.25) is 0 Å². The van der Waals surface area contributed by atoms with Crippen LogP contribution in [0.1, 0.15) is 29.3 Å². The number of carbonyl (C=O) groups is 3. The number of allylic oxidation sites excluding steroid dienone is 2. The Hall–Kier alpha value is -3.59. The van der Waals surface area contributed by atoms with Gasteiger partial charge in [-0.15, -0.1) is 0 Å². The first-order valence-electron chi connectivity index (χ1n) is 8.99. The molecule has 0 unspecified atom stereocenters. The SMILES string of the molecule is Cc1cc(O)cc(O)c1C(=O)O[C@]1(C)C(=O)C2=C(C=C(/C=C/C(=O)O)OC2)C[C@H]1O. The van der Waals surface area contributed by atoms with Crippen molar-refractivity contribution in [3.8, 4) is 11.5 Å². The Labute approximate surface area is 171 Å². The van der Waals surface area contributed by atoms with Gasteiger partial charge in [-0.3, -0.25) is 4.79 Å². The van der Waals surface area contributed by atoms with Crippen molar-refractivity contribution in [2.45, 2.75) is 32.0 Å². The fourth-order valence-electron chi connectivity index (χ4n) is 3.42. The van der Waals surface area contributed by atoms with E-state index in [0.717, 1.165) is 12.1 Å². The molecule has 1 aliphatic heterocycles. The number of ether oxygens (including phenoxy) is 2. The van der Waals surface area contributed by atoms with Crippen LogP contribution in [0.25, 0.3) is 0 Å². The average molecular weight is 416 g/mol. The Morgan fingerprint density at radius 3 is 2.63 bits per heavy atom. The summed E-state index contributed by atoms with van der Waals surface area (Å²) in [6.07, 6.45) is 2.16. The summed E-state index contributed by atoms with van der Waals surface area (Å²) < 4.78 is 10.7. The van der Waals surface area contributed by atoms with Crippen molar-refractivity contribution in [1.82, 2.24) is 0 Å². The quantitative estimate of drug-likeness (QED) is 0.423. The Morgan fingerprint density at radius 2 is 2.00 bits per heavy atom. The van der Waals surface area contributed by atoms with E-state index in [4.69, 9.17) is 14.6 Å². The second kappa shape index (κ2) is 7.68. The Bertz CT molecular complexity index is 1010. The highest BCUT2D eigenvalue weighted by Gasteiger charge is 2.50. The predicted molar refractivity (Wildman–Crippen MR) is 102 cm³/mol. The number of benzene rings is 1. The number of esters is 1. The maximum Gasteiger partial charge on any atom is 0.343 e. The van der Waals surface area contributed by atoms with E-state index in [9.17, 15) is 29.7 Å². The predicted octanol–water partition coefficient (Wildman–Crippen LogP) is 1.51. The molecule has 1 aromatic rings. The highest BCUT2D eigenvalue weighted by Crippen LogP contribution is 2.38. The number of hydrogen-bond donors (Lipinski definition) is 4. The number of rotatable bonds is 4. The zero-order chi connectivity index (χ0) is 22.2. The molecule has 2 atom stereocenters. The molecule has 1 aromatic carbocycles. The molecule has 9 heteroatoms. The second-order valence-electron chi connectivity index (χ2n) is 7.21. The van der Waals surface area contributed by atoms with Crippen LogP contribution in [0, 0.1) is 6.92 Å². The highest BCUT2D eigenvalue weighted by atomic mass is 16.6. The number of ketones is 1. The topological polar surface area (TPSA) is 151 Å². The van der Waals surface area contributed by atoms with Gasteiger partial charge in [0.15, 0.2) is 5.60 Å². The van der Waals surface area contributed by atoms with Gasteiger partial charge in [0.25, 0.3) is 0 Å². The molecular weight excluding hydrogens is 396 g/mol. The third kappa shape index (κ3) is 3.79. The van der Waals surface area contributed by atoms with Crippen LogP contribution in [-0.4, -0.2) is 56.5 Å². The summed E-state index contributed by atoms with van der Waals surface area (Å²) >= 11 is 0. The van der Waals surface area contributed by atoms with Gasteiger partial charge >= 0.3 is 11.9 Å². The Kier molecular flexibility index (Phi) is 5.41. The fraction of sp³-hybridized carbons (Fsp3) is 0.286. The minimum atomic E-state index is -1.92. The van der Waals surface area contributed by atoms with Crippen molar-refractivity contribution in [3.05, 3.63) is 58.4 Å². The number of carboxylic acids is 1. The van der Waals surface area contributed by atoms with Gasteiger partial charge in [-0.1, -0.05) is 0 Å². The molecule has 0 aromatic heterocycles. The van der Waals surface area contributed by atoms with Gasteiger partial charge < -0.3 is 29.9 Å². The summed E-state index contributed by atoms with van der Waals surface area (Å²) in [6.45, 7) is 2.58. The largest absolute Gasteiger partial charge is 0.508 e. The normalized spacial score (nSPS) is 23.6. The van der Waals surface area contributed by atoms with Crippen LogP contribution < -0.4 is 0 Å². The number of phenolic OH excluding ortho intramolecular Hbond substituents is 2. The van der Waals surface area contributed by atoms with Crippen molar-refractivity contribution in [2.75, 3.05) is 6.61 Å². The molecule has 30 heavy (non-hydrogen) atoms. The molecule has 0 amide bonds. The van der Waals surface area contributed by atoms with E-state index in [1.807, 2.05) is 0 Å². The lowest BCUT2D eigenvalue weighted by molar-refractivity contribution is -0.147. The first-order chi connectivity index (χ1) is 14.0. The van der Waals surface area contributed by atoms with Gasteiger partial charge in [0.1, 0.15) is 35.5 Å². The van der Waals surface area contributed by atoms with E-state index < -0.39 is 35.2 Å². The summed E-state index contributed by atoms with van der Waals surface area (Å²) in [5.74, 6) is -3.38. The van der Waals surface area contributed by atoms with E-state index in [1.54, 1.807) is 0 Å². The van der Waals surface area contributed by atoms with Crippen molar-refractivity contribution >= 4 is 17.7 Å². The number of carbonyl (C=O) groups excluding carboxylic acids is 2. The smallest absolute Gasteiger partial charge is 0.343 e. The number of Topliss-reactive ketones (excluding diaryl/α,β-unsaturated/α-hetero) is 1. The molecule has 0 saturated carbocycles. The summed E-state index contributed by atoms with van der Waals surface area (Å²) in [5, 5.41) is 38.8. The third-order valence-electron chi connectivity index (χ3n) is 5.06. The van der Waals surface area contributed by atoms with Gasteiger partial charge in [-0.2, -0.15) is 0 Å². The lowest BCUT2D eigenvalue weighted by atomic mass is 9.77. The molecule has 158 valence electrons. The summed E-state index contributed by atoms with van der Waals surface area (Å²) in [6, 6.07) is 2.22. The van der Waals surface area contributed by atoms with E-state index in [-0.39, 0.29) is 41.2 Å². The first-order valence-corrected chi connectivity index (χ1v) is 8.99. The van der Waals surface area contributed by atoms with E-state index in [2.05, 4.69) is 0 Å². The molecule has 0 fully saturated rings. The van der Waals surface area contributed by atoms with Gasteiger partial charge in [0.2, 0.25) is 5.78 Å². The maximum absolute atomic E-state index is 13.0. The number of aliphatic carboxylic acids is 1. The molecule has 0 saturated heterocycles. The zero-order valence-electron chi connectivity index (χ0n) is 16.2. The standard InChI is InChI=1S/C21H20O9/c1-10-5-12(22)8-15(23)18(10)20(28)30-21(2)16(24)7-11-6-13(3-4-17(25)26)29-9-14(11)19(21)27/h3-6,8,16,22-24H,7,9H2,1-2H3,(H,25,26)/b4-3+/t16-,21+/m1/s1. The third-order valence-corrected chi connectivity index (χ3v) is 5.06. The van der Waals surface area contributed by atoms with Crippen molar-refractivity contribution < 1.29 is 44.3 Å². The number of hydrogen-bond acceptors (Lipinski definition) is 8. The molecule has 0 bridgehead atoms. The summed E-state index contributed by atoms with van der Waals surface area (Å²) in [4.78, 5) is 36.4. The van der Waals surface area contributed by atoms with Gasteiger partial charge in [0.05, 0.1) is 0 Å². The van der Waals surface area contributed by atoms with Crippen molar-refractivity contribution in [2.24, 2.45) is 0 Å². The minimum absolute atomic E-state index is 0.0286. The van der Waals surface area contributed by atoms with Crippen LogP contribution in [0.5, 0.6) is 11.5 Å². The second-order valence-corrected chi connectivity index (χ2v) is 7.21. The number of phenols is 2. The number of aryl methyl sites for hydroxylation is 1. The molecular formula is C21H20O9. The van der Waals surface area contributed by atoms with Crippen molar-refractivity contribution in [3.63, 3.8) is 0 Å². The van der Waals surface area contributed by atoms with Gasteiger partial charge in [0, 0.05) is 24.1 Å². The lowest BCUT2D eigenvalue weighted by Crippen LogP contribution is -2.54. The summed E-state index contributed by atoms with van der Waals surface area (Å²) in [7, 11) is 0. The summed E-state index contributed by atoms with van der Waals surface area (Å²) in [5.41, 5.74) is -1.25. The molecule has 2 aliphatic rings. The van der Waals surface area contributed by atoms with Crippen LogP contribution in [-0.2, 0) is 19.1 Å². The van der Waals surface area contributed by atoms with E-state index in [1.165, 1.54) is 32.1 Å². The molecule has 1 heterocycles. The minimum Gasteiger partial charge on any atom is -0.508 e. The van der Waals surface area contributed by atoms with Gasteiger partial charge in [-0.05, 0) is 43.2 Å². The number of carboxylic acid groups (broad SMARTS) is 1. The first kappa shape index (κ1) is 21.1. The average Bonchev–Trinajstić information content (AvgIpc) is 2.64. The van der Waals surface area contributed by atoms with Crippen LogP contribution in [0.4, 0.5) is 0 Å². The van der Waals surface area contributed by atoms with Crippen LogP contribution >= 0.6 is 0 Å². The van der Waals surface area contributed by atoms with E-state index >= 15 is 0 Å². The Balaban J connectivity index is 1.90. The molecule has 4 N–H and O–H groups in total. The molecule has 9 nitrogen and oxygen atoms in total. The fourth-order valence-corrected chi connectivity index (χ4v) is 3.42. The number of aliphatic hydroxyl groups is 1. The molecule has 0 spiro atoms. The van der Waals surface area contributed by atoms with Crippen molar-refractivity contribution in [1.29, 1.82) is 0 Å². The monoisotopic (exact) mass is 416 g/mol. The lowest BCUT2D eigenvalue weighted by Gasteiger charge is -2.39. The number of aromatic hydroxyl groups is 2. The molecule has 0 radical (unpaired) electrons. The maximum atomic E-state index is 13.0. The molecule has 1 aliphatic carbocycles. The highest BCUT2D eigenvalue weighted by molar-refractivity contribution is 6.07. The molecule has 3 rings (SSSR count). The number of aliphatic hydroxyl groups excluding tert-OH is 1. The van der Waals surface area contributed by atoms with E-state index in [0.29, 0.717) is 5.57 Å². The van der Waals surface area contributed by atoms with Crippen LogP contribution in [0.3, 0.4) is 0 Å².